The van der Waals surface area contributed by atoms with Gasteiger partial charge in [0, 0.05) is 12.7 Å². The molecular weight excluding hydrogens is 186 g/mol. The van der Waals surface area contributed by atoms with E-state index in [0.29, 0.717) is 0 Å². The van der Waals surface area contributed by atoms with Gasteiger partial charge in [-0.05, 0) is 51.0 Å². The highest BCUT2D eigenvalue weighted by atomic mass is 15.3. The molecular formula is C12H19N3. The molecule has 15 heavy (non-hydrogen) atoms. The summed E-state index contributed by atoms with van der Waals surface area (Å²) in [5, 5.41) is 4.37. The zero-order valence-corrected chi connectivity index (χ0v) is 9.23. The van der Waals surface area contributed by atoms with Gasteiger partial charge in [0.1, 0.15) is 0 Å². The summed E-state index contributed by atoms with van der Waals surface area (Å²) in [5.74, 6) is 0. The van der Waals surface area contributed by atoms with Crippen molar-refractivity contribution in [2.45, 2.75) is 25.8 Å². The van der Waals surface area contributed by atoms with Crippen molar-refractivity contribution in [3.63, 3.8) is 0 Å². The van der Waals surface area contributed by atoms with Gasteiger partial charge in [-0.2, -0.15) is 5.10 Å². The minimum Gasteiger partial charge on any atom is -0.303 e. The van der Waals surface area contributed by atoms with Gasteiger partial charge >= 0.3 is 0 Å². The second-order valence-corrected chi connectivity index (χ2v) is 4.11. The van der Waals surface area contributed by atoms with Crippen LogP contribution in [0.2, 0.25) is 0 Å². The molecule has 0 atom stereocenters. The Labute approximate surface area is 91.4 Å². The van der Waals surface area contributed by atoms with E-state index >= 15 is 0 Å². The van der Waals surface area contributed by atoms with Gasteiger partial charge in [-0.1, -0.05) is 6.58 Å². The second kappa shape index (κ2) is 5.12. The molecule has 1 saturated heterocycles. The molecule has 0 saturated carbocycles. The highest BCUT2D eigenvalue weighted by Crippen LogP contribution is 2.07. The highest BCUT2D eigenvalue weighted by Gasteiger charge is 2.10. The third-order valence-electron chi connectivity index (χ3n) is 2.93. The van der Waals surface area contributed by atoms with Gasteiger partial charge in [-0.15, -0.1) is 0 Å². The standard InChI is InChI=1S/C12H19N3/c1-2-12-6-11-15(13-12)10-5-9-14-7-3-4-8-14/h2,6,11H,1,3-5,7-10H2. The van der Waals surface area contributed by atoms with Crippen LogP contribution in [-0.2, 0) is 6.54 Å². The van der Waals surface area contributed by atoms with Crippen LogP contribution < -0.4 is 0 Å². The predicted octanol–water partition coefficient (Wildman–Crippen LogP) is 2.01. The number of likely N-dealkylation sites (tertiary alicyclic amines) is 1. The molecule has 0 amide bonds. The molecule has 1 aromatic rings. The van der Waals surface area contributed by atoms with Crippen LogP contribution in [0.1, 0.15) is 25.0 Å². The van der Waals surface area contributed by atoms with Crippen LogP contribution in [0.4, 0.5) is 0 Å². The van der Waals surface area contributed by atoms with Crippen LogP contribution in [0.25, 0.3) is 6.08 Å². The first-order valence-corrected chi connectivity index (χ1v) is 5.77. The first kappa shape index (κ1) is 10.4. The van der Waals surface area contributed by atoms with Crippen LogP contribution >= 0.6 is 0 Å². The Kier molecular flexibility index (Phi) is 3.56. The lowest BCUT2D eigenvalue weighted by molar-refractivity contribution is 0.322. The average molecular weight is 205 g/mol. The summed E-state index contributed by atoms with van der Waals surface area (Å²) in [7, 11) is 0. The van der Waals surface area contributed by atoms with Gasteiger partial charge in [-0.25, -0.2) is 0 Å². The van der Waals surface area contributed by atoms with E-state index in [4.69, 9.17) is 0 Å². The van der Waals surface area contributed by atoms with Crippen LogP contribution in [0, 0.1) is 0 Å². The van der Waals surface area contributed by atoms with E-state index in [2.05, 4.69) is 16.6 Å². The smallest absolute Gasteiger partial charge is 0.0845 e. The molecule has 0 aromatic carbocycles. The largest absolute Gasteiger partial charge is 0.303 e. The van der Waals surface area contributed by atoms with Gasteiger partial charge in [-0.3, -0.25) is 4.68 Å². The Hall–Kier alpha value is -1.09. The van der Waals surface area contributed by atoms with Crippen molar-refractivity contribution in [2.75, 3.05) is 19.6 Å². The first-order valence-electron chi connectivity index (χ1n) is 5.77. The molecule has 2 rings (SSSR count). The quantitative estimate of drug-likeness (QED) is 0.733. The maximum absolute atomic E-state index is 4.37. The van der Waals surface area contributed by atoms with E-state index in [1.165, 1.54) is 38.9 Å². The SMILES string of the molecule is C=Cc1ccn(CCCN2CCCC2)n1. The van der Waals surface area contributed by atoms with Crippen molar-refractivity contribution in [3.05, 3.63) is 24.5 Å². The maximum Gasteiger partial charge on any atom is 0.0845 e. The third-order valence-corrected chi connectivity index (χ3v) is 2.93. The van der Waals surface area contributed by atoms with Crippen molar-refractivity contribution in [3.8, 4) is 0 Å². The monoisotopic (exact) mass is 205 g/mol. The fraction of sp³-hybridized carbons (Fsp3) is 0.583. The second-order valence-electron chi connectivity index (χ2n) is 4.11. The van der Waals surface area contributed by atoms with Crippen molar-refractivity contribution >= 4 is 6.08 Å². The summed E-state index contributed by atoms with van der Waals surface area (Å²) in [6.45, 7) is 8.51. The number of aromatic nitrogens is 2. The van der Waals surface area contributed by atoms with Crippen molar-refractivity contribution in [2.24, 2.45) is 0 Å². The molecule has 3 heteroatoms. The molecule has 0 bridgehead atoms. The summed E-state index contributed by atoms with van der Waals surface area (Å²) in [6.07, 6.45) is 7.76. The summed E-state index contributed by atoms with van der Waals surface area (Å²) in [6, 6.07) is 2.00. The van der Waals surface area contributed by atoms with Gasteiger partial charge in [0.25, 0.3) is 0 Å². The minimum absolute atomic E-state index is 0.969. The Morgan fingerprint density at radius 3 is 2.80 bits per heavy atom. The lowest BCUT2D eigenvalue weighted by Gasteiger charge is -2.13. The molecule has 1 aromatic heterocycles. The van der Waals surface area contributed by atoms with Crippen molar-refractivity contribution < 1.29 is 0 Å². The number of nitrogens with zero attached hydrogens (tertiary/aromatic N) is 3. The van der Waals surface area contributed by atoms with Gasteiger partial charge in [0.15, 0.2) is 0 Å². The normalized spacial score (nSPS) is 17.1. The average Bonchev–Trinajstić information content (AvgIpc) is 2.88. The molecule has 1 aliphatic heterocycles. The lowest BCUT2D eigenvalue weighted by atomic mass is 10.4. The molecule has 1 aliphatic rings. The van der Waals surface area contributed by atoms with E-state index < -0.39 is 0 Å². The first-order chi connectivity index (χ1) is 7.38. The van der Waals surface area contributed by atoms with Crippen LogP contribution in [0.15, 0.2) is 18.8 Å². The summed E-state index contributed by atoms with van der Waals surface area (Å²) in [5.41, 5.74) is 0.969. The van der Waals surface area contributed by atoms with Crippen LogP contribution in [0.5, 0.6) is 0 Å². The van der Waals surface area contributed by atoms with Crippen LogP contribution in [-0.4, -0.2) is 34.3 Å². The fourth-order valence-corrected chi connectivity index (χ4v) is 2.07. The molecule has 2 heterocycles. The zero-order valence-electron chi connectivity index (χ0n) is 9.23. The van der Waals surface area contributed by atoms with Gasteiger partial charge in [0.05, 0.1) is 5.69 Å². The molecule has 0 unspecified atom stereocenters. The Balaban J connectivity index is 1.70. The molecule has 0 aliphatic carbocycles. The summed E-state index contributed by atoms with van der Waals surface area (Å²) in [4.78, 5) is 2.54. The predicted molar refractivity (Wildman–Crippen MR) is 62.6 cm³/mol. The molecule has 0 radical (unpaired) electrons. The molecule has 0 spiro atoms. The Bertz CT molecular complexity index is 310. The van der Waals surface area contributed by atoms with Crippen molar-refractivity contribution in [1.29, 1.82) is 0 Å². The van der Waals surface area contributed by atoms with E-state index in [1.807, 2.05) is 16.9 Å². The number of hydrogen-bond acceptors (Lipinski definition) is 2. The summed E-state index contributed by atoms with van der Waals surface area (Å²) < 4.78 is 2.01. The van der Waals surface area contributed by atoms with E-state index in [0.717, 1.165) is 12.2 Å². The van der Waals surface area contributed by atoms with E-state index in [1.54, 1.807) is 6.08 Å². The molecule has 3 nitrogen and oxygen atoms in total. The number of hydrogen-bond donors (Lipinski definition) is 0. The fourth-order valence-electron chi connectivity index (χ4n) is 2.07. The zero-order chi connectivity index (χ0) is 10.5. The third kappa shape index (κ3) is 2.93. The maximum atomic E-state index is 4.37. The highest BCUT2D eigenvalue weighted by molar-refractivity contribution is 5.39. The number of aryl methyl sites for hydroxylation is 1. The van der Waals surface area contributed by atoms with Gasteiger partial charge in [0.2, 0.25) is 0 Å². The van der Waals surface area contributed by atoms with Crippen molar-refractivity contribution in [1.82, 2.24) is 14.7 Å². The van der Waals surface area contributed by atoms with E-state index in [9.17, 15) is 0 Å². The van der Waals surface area contributed by atoms with Crippen LogP contribution in [0.3, 0.4) is 0 Å². The number of rotatable bonds is 5. The Morgan fingerprint density at radius 1 is 1.33 bits per heavy atom. The van der Waals surface area contributed by atoms with E-state index in [-0.39, 0.29) is 0 Å². The van der Waals surface area contributed by atoms with Gasteiger partial charge < -0.3 is 4.90 Å². The summed E-state index contributed by atoms with van der Waals surface area (Å²) >= 11 is 0. The molecule has 82 valence electrons. The lowest BCUT2D eigenvalue weighted by Crippen LogP contribution is -2.21. The topological polar surface area (TPSA) is 21.1 Å². The Morgan fingerprint density at radius 2 is 2.13 bits per heavy atom. The molecule has 1 fully saturated rings. The minimum atomic E-state index is 0.969. The molecule has 0 N–H and O–H groups in total.